The quantitative estimate of drug-likeness (QED) is 0.651. The van der Waals surface area contributed by atoms with E-state index in [1.807, 2.05) is 0 Å². The average Bonchev–Trinajstić information content (AvgIpc) is 2.92. The number of benzene rings is 1. The van der Waals surface area contributed by atoms with Crippen LogP contribution in [0.25, 0.3) is 0 Å². The number of aryl methyl sites for hydroxylation is 1. The highest BCUT2D eigenvalue weighted by atomic mass is 32.1. The fraction of sp³-hybridized carbons (Fsp3) is 0.333. The normalized spacial score (nSPS) is 12.4. The summed E-state index contributed by atoms with van der Waals surface area (Å²) in [6, 6.07) is 6.40. The number of hydrogen-bond donors (Lipinski definition) is 2. The standard InChI is InChI=1S/C15H20N2OS/c1-10-4-5-13(15(18-3)11(10)2)14(17-16)8-12-6-7-19-9-12/h4-7,9,14,17H,8,16H2,1-3H3. The van der Waals surface area contributed by atoms with Crippen LogP contribution in [0.3, 0.4) is 0 Å². The number of nitrogens with two attached hydrogens (primary N) is 1. The van der Waals surface area contributed by atoms with Crippen LogP contribution in [0.2, 0.25) is 0 Å². The number of thiophene rings is 1. The van der Waals surface area contributed by atoms with E-state index in [1.165, 1.54) is 16.7 Å². The molecule has 0 saturated carbocycles. The van der Waals surface area contributed by atoms with E-state index < -0.39 is 0 Å². The summed E-state index contributed by atoms with van der Waals surface area (Å²) in [4.78, 5) is 0. The van der Waals surface area contributed by atoms with Crippen molar-refractivity contribution in [3.63, 3.8) is 0 Å². The molecule has 1 unspecified atom stereocenters. The summed E-state index contributed by atoms with van der Waals surface area (Å²) < 4.78 is 5.57. The van der Waals surface area contributed by atoms with Crippen molar-refractivity contribution in [2.45, 2.75) is 26.3 Å². The molecule has 19 heavy (non-hydrogen) atoms. The Morgan fingerprint density at radius 1 is 1.32 bits per heavy atom. The van der Waals surface area contributed by atoms with Gasteiger partial charge in [-0.25, -0.2) is 0 Å². The van der Waals surface area contributed by atoms with Crippen LogP contribution >= 0.6 is 11.3 Å². The maximum absolute atomic E-state index is 5.73. The molecule has 2 aromatic rings. The van der Waals surface area contributed by atoms with Gasteiger partial charge >= 0.3 is 0 Å². The van der Waals surface area contributed by atoms with E-state index in [0.717, 1.165) is 17.7 Å². The van der Waals surface area contributed by atoms with Crippen LogP contribution < -0.4 is 16.0 Å². The molecular formula is C15H20N2OS. The first-order valence-corrected chi connectivity index (χ1v) is 7.23. The minimum Gasteiger partial charge on any atom is -0.496 e. The van der Waals surface area contributed by atoms with Crippen molar-refractivity contribution < 1.29 is 4.74 Å². The van der Waals surface area contributed by atoms with Crippen molar-refractivity contribution in [1.29, 1.82) is 0 Å². The lowest BCUT2D eigenvalue weighted by molar-refractivity contribution is 0.395. The second-order valence-electron chi connectivity index (χ2n) is 4.68. The molecule has 0 spiro atoms. The van der Waals surface area contributed by atoms with Gasteiger partial charge in [-0.05, 0) is 53.8 Å². The first-order valence-electron chi connectivity index (χ1n) is 6.28. The number of hydrazine groups is 1. The molecule has 102 valence electrons. The van der Waals surface area contributed by atoms with Crippen LogP contribution in [0.15, 0.2) is 29.0 Å². The Kier molecular flexibility index (Phi) is 4.58. The third kappa shape index (κ3) is 2.97. The minimum atomic E-state index is 0.0591. The largest absolute Gasteiger partial charge is 0.496 e. The van der Waals surface area contributed by atoms with Crippen LogP contribution in [0.4, 0.5) is 0 Å². The molecule has 0 aliphatic heterocycles. The van der Waals surface area contributed by atoms with Crippen LogP contribution in [0.1, 0.15) is 28.3 Å². The predicted octanol–water partition coefficient (Wildman–Crippen LogP) is 3.12. The van der Waals surface area contributed by atoms with Crippen molar-refractivity contribution in [3.05, 3.63) is 51.2 Å². The smallest absolute Gasteiger partial charge is 0.126 e. The number of rotatable bonds is 5. The Morgan fingerprint density at radius 3 is 2.68 bits per heavy atom. The monoisotopic (exact) mass is 276 g/mol. The van der Waals surface area contributed by atoms with Crippen molar-refractivity contribution in [2.75, 3.05) is 7.11 Å². The number of methoxy groups -OCH3 is 1. The molecule has 4 heteroatoms. The van der Waals surface area contributed by atoms with Gasteiger partial charge in [-0.1, -0.05) is 12.1 Å². The Hall–Kier alpha value is -1.36. The number of ether oxygens (including phenoxy) is 1. The summed E-state index contributed by atoms with van der Waals surface area (Å²) in [5, 5.41) is 4.23. The van der Waals surface area contributed by atoms with Crippen molar-refractivity contribution >= 4 is 11.3 Å². The molecule has 1 atom stereocenters. The highest BCUT2D eigenvalue weighted by molar-refractivity contribution is 7.07. The second kappa shape index (κ2) is 6.19. The van der Waals surface area contributed by atoms with Crippen LogP contribution in [-0.4, -0.2) is 7.11 Å². The minimum absolute atomic E-state index is 0.0591. The predicted molar refractivity (Wildman–Crippen MR) is 80.6 cm³/mol. The highest BCUT2D eigenvalue weighted by Crippen LogP contribution is 2.32. The molecule has 0 fully saturated rings. The second-order valence-corrected chi connectivity index (χ2v) is 5.46. The molecule has 0 aliphatic rings. The van der Waals surface area contributed by atoms with E-state index >= 15 is 0 Å². The number of nitrogens with one attached hydrogen (secondary N) is 1. The van der Waals surface area contributed by atoms with Crippen molar-refractivity contribution in [1.82, 2.24) is 5.43 Å². The van der Waals surface area contributed by atoms with E-state index in [1.54, 1.807) is 18.4 Å². The zero-order chi connectivity index (χ0) is 13.8. The summed E-state index contributed by atoms with van der Waals surface area (Å²) in [5.41, 5.74) is 7.70. The lowest BCUT2D eigenvalue weighted by Crippen LogP contribution is -2.30. The average molecular weight is 276 g/mol. The van der Waals surface area contributed by atoms with Crippen LogP contribution in [0, 0.1) is 13.8 Å². The fourth-order valence-electron chi connectivity index (χ4n) is 2.26. The molecule has 3 N–H and O–H groups in total. The molecule has 0 bridgehead atoms. The summed E-state index contributed by atoms with van der Waals surface area (Å²) in [7, 11) is 1.71. The van der Waals surface area contributed by atoms with E-state index in [-0.39, 0.29) is 6.04 Å². The zero-order valence-electron chi connectivity index (χ0n) is 11.6. The Bertz CT molecular complexity index is 537. The molecule has 1 aromatic heterocycles. The maximum Gasteiger partial charge on any atom is 0.126 e. The third-order valence-electron chi connectivity index (χ3n) is 3.51. The van der Waals surface area contributed by atoms with Gasteiger partial charge in [0, 0.05) is 5.56 Å². The van der Waals surface area contributed by atoms with Gasteiger partial charge in [-0.2, -0.15) is 11.3 Å². The molecule has 1 aromatic carbocycles. The van der Waals surface area contributed by atoms with Gasteiger partial charge in [0.1, 0.15) is 5.75 Å². The fourth-order valence-corrected chi connectivity index (χ4v) is 2.94. The van der Waals surface area contributed by atoms with Crippen molar-refractivity contribution in [2.24, 2.45) is 5.84 Å². The highest BCUT2D eigenvalue weighted by Gasteiger charge is 2.18. The van der Waals surface area contributed by atoms with Crippen LogP contribution in [-0.2, 0) is 6.42 Å². The van der Waals surface area contributed by atoms with Crippen molar-refractivity contribution in [3.8, 4) is 5.75 Å². The summed E-state index contributed by atoms with van der Waals surface area (Å²) in [6.07, 6.45) is 0.860. The Labute approximate surface area is 118 Å². The molecule has 0 amide bonds. The van der Waals surface area contributed by atoms with Gasteiger partial charge < -0.3 is 4.74 Å². The van der Waals surface area contributed by atoms with Gasteiger partial charge in [0.2, 0.25) is 0 Å². The molecular weight excluding hydrogens is 256 g/mol. The lowest BCUT2D eigenvalue weighted by atomic mass is 9.96. The Balaban J connectivity index is 2.35. The molecule has 0 saturated heterocycles. The Morgan fingerprint density at radius 2 is 2.11 bits per heavy atom. The van der Waals surface area contributed by atoms with Gasteiger partial charge in [0.25, 0.3) is 0 Å². The SMILES string of the molecule is COc1c(C(Cc2ccsc2)NN)ccc(C)c1C. The van der Waals surface area contributed by atoms with E-state index in [9.17, 15) is 0 Å². The molecule has 0 aliphatic carbocycles. The summed E-state index contributed by atoms with van der Waals surface area (Å²) in [6.45, 7) is 4.17. The van der Waals surface area contributed by atoms with E-state index in [4.69, 9.17) is 10.6 Å². The van der Waals surface area contributed by atoms with Gasteiger partial charge in [0.05, 0.1) is 13.2 Å². The van der Waals surface area contributed by atoms with Gasteiger partial charge in [-0.15, -0.1) is 0 Å². The van der Waals surface area contributed by atoms with Gasteiger partial charge in [0.15, 0.2) is 0 Å². The first kappa shape index (κ1) is 14.1. The topological polar surface area (TPSA) is 47.3 Å². The summed E-state index contributed by atoms with van der Waals surface area (Å²) in [5.74, 6) is 6.66. The zero-order valence-corrected chi connectivity index (χ0v) is 12.4. The van der Waals surface area contributed by atoms with E-state index in [2.05, 4.69) is 48.2 Å². The number of hydrogen-bond acceptors (Lipinski definition) is 4. The first-order chi connectivity index (χ1) is 9.17. The lowest BCUT2D eigenvalue weighted by Gasteiger charge is -2.21. The molecule has 2 rings (SSSR count). The molecule has 3 nitrogen and oxygen atoms in total. The van der Waals surface area contributed by atoms with Gasteiger partial charge in [-0.3, -0.25) is 11.3 Å². The third-order valence-corrected chi connectivity index (χ3v) is 4.24. The maximum atomic E-state index is 5.73. The van der Waals surface area contributed by atoms with E-state index in [0.29, 0.717) is 0 Å². The molecule has 1 heterocycles. The summed E-state index contributed by atoms with van der Waals surface area (Å²) >= 11 is 1.70. The molecule has 0 radical (unpaired) electrons. The van der Waals surface area contributed by atoms with Crippen LogP contribution in [0.5, 0.6) is 5.75 Å².